The molecule has 67 heavy (non-hydrogen) atoms. The first kappa shape index (κ1) is 50.3. The van der Waals surface area contributed by atoms with E-state index in [2.05, 4.69) is 63.8 Å². The lowest BCUT2D eigenvalue weighted by Gasteiger charge is -2.61. The van der Waals surface area contributed by atoms with Gasteiger partial charge in [0.05, 0.1) is 59.3 Å². The number of benzene rings is 1. The number of anilines is 1. The van der Waals surface area contributed by atoms with E-state index in [1.807, 2.05) is 43.9 Å². The van der Waals surface area contributed by atoms with Crippen molar-refractivity contribution in [2.45, 2.75) is 109 Å². The van der Waals surface area contributed by atoms with Crippen molar-refractivity contribution < 1.29 is 45.8 Å². The van der Waals surface area contributed by atoms with Gasteiger partial charge in [-0.25, -0.2) is 14.8 Å². The maximum atomic E-state index is 12.5. The molecule has 17 heteroatoms. The Balaban J connectivity index is 0.00000666. The molecular weight excluding hydrogens is 872 g/mol. The number of amides is 2. The van der Waals surface area contributed by atoms with E-state index < -0.39 is 5.60 Å². The summed E-state index contributed by atoms with van der Waals surface area (Å²) in [7, 11) is 6.41. The Morgan fingerprint density at radius 3 is 2.36 bits per heavy atom. The molecule has 3 aromatic heterocycles. The molecule has 2 saturated heterocycles. The predicted molar refractivity (Wildman–Crippen MR) is 254 cm³/mol. The van der Waals surface area contributed by atoms with Crippen LogP contribution < -0.4 is 22.6 Å². The van der Waals surface area contributed by atoms with Crippen molar-refractivity contribution in [2.75, 3.05) is 98.3 Å². The fourth-order valence-electron chi connectivity index (χ4n) is 10.3. The van der Waals surface area contributed by atoms with Crippen molar-refractivity contribution in [3.8, 4) is 17.0 Å². The number of carbonyl (C=O) groups is 2. The highest BCUT2D eigenvalue weighted by Gasteiger charge is 2.55. The van der Waals surface area contributed by atoms with E-state index in [9.17, 15) is 14.7 Å². The lowest BCUT2D eigenvalue weighted by atomic mass is 9.60. The van der Waals surface area contributed by atoms with Gasteiger partial charge in [0.25, 0.3) is 0 Å². The SMILES string of the molecule is CC(C)(C)OC(=O)N1CC2(CC(N3CCC(c4cnc(N5CCc6[nH]c7nnc(-c8ccccc8O)cc7c6[C@H]5CCCCCNC(=O)CCOCCOCC[N+](C)(C)C)nc4)CC3)C2)C1.[Cl-]. The maximum Gasteiger partial charge on any atom is 0.410 e. The summed E-state index contributed by atoms with van der Waals surface area (Å²) in [4.78, 5) is 45.6. The largest absolute Gasteiger partial charge is 1.00 e. The molecule has 1 atom stereocenters. The third-order valence-electron chi connectivity index (χ3n) is 13.9. The minimum atomic E-state index is -0.463. The summed E-state index contributed by atoms with van der Waals surface area (Å²) in [5, 5.41) is 23.9. The number of phenols is 1. The van der Waals surface area contributed by atoms with Gasteiger partial charge in [-0.2, -0.15) is 0 Å². The molecule has 4 aromatic rings. The molecule has 1 aliphatic carbocycles. The second kappa shape index (κ2) is 21.8. The van der Waals surface area contributed by atoms with Gasteiger partial charge in [-0.15, -0.1) is 10.2 Å². The highest BCUT2D eigenvalue weighted by Crippen LogP contribution is 2.51. The third kappa shape index (κ3) is 12.7. The summed E-state index contributed by atoms with van der Waals surface area (Å²) in [6.45, 7) is 13.9. The van der Waals surface area contributed by atoms with Gasteiger partial charge in [-0.3, -0.25) is 4.79 Å². The Labute approximate surface area is 402 Å². The van der Waals surface area contributed by atoms with E-state index in [0.29, 0.717) is 62.6 Å². The smallest absolute Gasteiger partial charge is 0.410 e. The standard InChI is InChI=1S/C50H72N10O6.ClH/c1-49(2,3)66-48(63)58-33-50(34-58)29-37(30-50)57-20-15-35(16-21-57)36-31-52-47(53-32-36)59-22-17-40-45(39-28-41(55-56-46(39)54-40)38-12-9-10-14-43(38)61)42(59)13-8-7-11-19-51-44(62)18-24-64-26-27-65-25-23-60(4,5)6;/h9-10,12,14,28,31-32,35,37,42H,7-8,11,13,15-27,29-30,33-34H2,1-6H3,(H2-,51,54,55,56,61,62);1H/t42-;/m1./s1. The number of aromatic nitrogens is 5. The number of ether oxygens (including phenoxy) is 3. The number of rotatable bonds is 19. The van der Waals surface area contributed by atoms with Gasteiger partial charge in [-0.05, 0) is 102 Å². The van der Waals surface area contributed by atoms with Gasteiger partial charge >= 0.3 is 6.09 Å². The third-order valence-corrected chi connectivity index (χ3v) is 13.9. The summed E-state index contributed by atoms with van der Waals surface area (Å²) in [5.41, 5.74) is 5.36. The molecule has 3 aliphatic heterocycles. The number of aromatic hydroxyl groups is 1. The minimum absolute atomic E-state index is 0. The van der Waals surface area contributed by atoms with Crippen molar-refractivity contribution in [1.29, 1.82) is 0 Å². The molecule has 0 unspecified atom stereocenters. The van der Waals surface area contributed by atoms with Crippen LogP contribution in [0.4, 0.5) is 10.7 Å². The highest BCUT2D eigenvalue weighted by molar-refractivity contribution is 5.86. The summed E-state index contributed by atoms with van der Waals surface area (Å²) >= 11 is 0. The number of halogens is 1. The molecule has 4 aliphatic rings. The molecular formula is C50H73ClN10O6. The van der Waals surface area contributed by atoms with Crippen molar-refractivity contribution in [3.05, 3.63) is 59.5 Å². The number of fused-ring (bicyclic) bond motifs is 3. The molecule has 0 radical (unpaired) electrons. The van der Waals surface area contributed by atoms with Gasteiger partial charge in [0, 0.05) is 85.1 Å². The lowest BCUT2D eigenvalue weighted by Crippen LogP contribution is -3.00. The zero-order valence-corrected chi connectivity index (χ0v) is 41.3. The number of H-pyrrole nitrogens is 1. The fraction of sp³-hybridized carbons (Fsp3) is 0.640. The maximum absolute atomic E-state index is 12.5. The number of unbranched alkanes of at least 4 members (excludes halogenated alkanes) is 2. The van der Waals surface area contributed by atoms with Crippen LogP contribution in [0.1, 0.15) is 107 Å². The van der Waals surface area contributed by atoms with Crippen LogP contribution in [-0.2, 0) is 25.4 Å². The number of para-hydroxylation sites is 1. The van der Waals surface area contributed by atoms with Crippen molar-refractivity contribution in [3.63, 3.8) is 0 Å². The minimum Gasteiger partial charge on any atom is -1.00 e. The van der Waals surface area contributed by atoms with Crippen LogP contribution >= 0.6 is 0 Å². The lowest BCUT2D eigenvalue weighted by molar-refractivity contribution is -0.870. The molecule has 1 saturated carbocycles. The van der Waals surface area contributed by atoms with Crippen LogP contribution in [0.5, 0.6) is 5.75 Å². The zero-order valence-electron chi connectivity index (χ0n) is 40.6. The molecule has 3 N–H and O–H groups in total. The second-order valence-electron chi connectivity index (χ2n) is 21.2. The molecule has 1 spiro atoms. The van der Waals surface area contributed by atoms with Crippen molar-refractivity contribution in [1.82, 2.24) is 40.3 Å². The van der Waals surface area contributed by atoms with E-state index in [4.69, 9.17) is 24.2 Å². The number of likely N-dealkylation sites (tertiary alicyclic amines) is 2. The Bertz CT molecular complexity index is 2260. The normalized spacial score (nSPS) is 18.9. The Kier molecular flexibility index (Phi) is 16.3. The monoisotopic (exact) mass is 945 g/mol. The highest BCUT2D eigenvalue weighted by atomic mass is 35.5. The van der Waals surface area contributed by atoms with E-state index >= 15 is 0 Å². The Morgan fingerprint density at radius 2 is 1.66 bits per heavy atom. The average molecular weight is 946 g/mol. The van der Waals surface area contributed by atoms with Crippen LogP contribution in [0.25, 0.3) is 22.3 Å². The first-order valence-corrected chi connectivity index (χ1v) is 24.3. The average Bonchev–Trinajstić information content (AvgIpc) is 3.62. The fourth-order valence-corrected chi connectivity index (χ4v) is 10.3. The molecule has 366 valence electrons. The van der Waals surface area contributed by atoms with Gasteiger partial charge in [0.15, 0.2) is 5.65 Å². The number of quaternary nitrogens is 1. The first-order valence-electron chi connectivity index (χ1n) is 24.3. The molecule has 0 bridgehead atoms. The summed E-state index contributed by atoms with van der Waals surface area (Å²) in [6.07, 6.45) is 13.2. The number of piperidine rings is 1. The first-order chi connectivity index (χ1) is 31.6. The number of likely N-dealkylation sites (N-methyl/N-ethyl adjacent to an activating group) is 1. The summed E-state index contributed by atoms with van der Waals surface area (Å²) in [5.74, 6) is 1.33. The van der Waals surface area contributed by atoms with Gasteiger partial charge < -0.3 is 61.2 Å². The van der Waals surface area contributed by atoms with E-state index in [1.54, 1.807) is 12.1 Å². The van der Waals surface area contributed by atoms with E-state index in [0.717, 1.165) is 124 Å². The number of hydrogen-bond donors (Lipinski definition) is 3. The van der Waals surface area contributed by atoms with Gasteiger partial charge in [-0.1, -0.05) is 25.0 Å². The quantitative estimate of drug-likeness (QED) is 0.0924. The predicted octanol–water partition coefficient (Wildman–Crippen LogP) is 3.61. The Morgan fingerprint density at radius 1 is 0.940 bits per heavy atom. The number of aromatic amines is 1. The van der Waals surface area contributed by atoms with Crippen LogP contribution in [-0.4, -0.2) is 162 Å². The van der Waals surface area contributed by atoms with E-state index in [1.165, 1.54) is 11.1 Å². The van der Waals surface area contributed by atoms with Crippen LogP contribution in [0.15, 0.2) is 42.7 Å². The molecule has 1 aromatic carbocycles. The van der Waals surface area contributed by atoms with Crippen LogP contribution in [0.3, 0.4) is 0 Å². The van der Waals surface area contributed by atoms with Crippen LogP contribution in [0, 0.1) is 5.41 Å². The molecule has 3 fully saturated rings. The van der Waals surface area contributed by atoms with Crippen molar-refractivity contribution >= 4 is 29.0 Å². The van der Waals surface area contributed by atoms with Crippen molar-refractivity contribution in [2.24, 2.45) is 5.41 Å². The molecule has 2 amide bonds. The van der Waals surface area contributed by atoms with Gasteiger partial charge in [0.2, 0.25) is 11.9 Å². The molecule has 16 nitrogen and oxygen atoms in total. The van der Waals surface area contributed by atoms with Gasteiger partial charge in [0.1, 0.15) is 17.9 Å². The van der Waals surface area contributed by atoms with E-state index in [-0.39, 0.29) is 41.6 Å². The number of nitrogens with zero attached hydrogens (tertiary/aromatic N) is 8. The zero-order chi connectivity index (χ0) is 46.5. The number of nitrogens with one attached hydrogen (secondary N) is 2. The second-order valence-corrected chi connectivity index (χ2v) is 21.2. The molecule has 8 rings (SSSR count). The van der Waals surface area contributed by atoms with Crippen LogP contribution in [0.2, 0.25) is 0 Å². The Hall–Kier alpha value is -4.61. The number of carbonyl (C=O) groups excluding carboxylic acids is 2. The summed E-state index contributed by atoms with van der Waals surface area (Å²) in [6, 6.07) is 9.88. The number of phenolic OH excluding ortho intramolecular Hbond substituents is 1. The topological polar surface area (TPSA) is 171 Å². The number of hydrogen-bond acceptors (Lipinski definition) is 12. The summed E-state index contributed by atoms with van der Waals surface area (Å²) < 4.78 is 17.7. The molecule has 6 heterocycles.